The standard InChI is InChI=1S/C5H11NO2.ClH/c6-5-3-8-2-4(5)1-7;/h4-5,7H,1-3,6H2;1H. The second-order valence-electron chi connectivity index (χ2n) is 2.14. The monoisotopic (exact) mass is 153 g/mol. The predicted octanol–water partition coefficient (Wildman–Crippen LogP) is -0.626. The lowest BCUT2D eigenvalue weighted by Crippen LogP contribution is -2.30. The van der Waals surface area contributed by atoms with E-state index in [9.17, 15) is 0 Å². The molecule has 0 aliphatic carbocycles. The van der Waals surface area contributed by atoms with Crippen molar-refractivity contribution in [3.05, 3.63) is 0 Å². The van der Waals surface area contributed by atoms with Crippen LogP contribution in [0.1, 0.15) is 0 Å². The number of hydrogen-bond donors (Lipinski definition) is 2. The van der Waals surface area contributed by atoms with Gasteiger partial charge >= 0.3 is 0 Å². The molecule has 1 heterocycles. The second kappa shape index (κ2) is 4.06. The highest BCUT2D eigenvalue weighted by Gasteiger charge is 2.23. The highest BCUT2D eigenvalue weighted by molar-refractivity contribution is 5.85. The van der Waals surface area contributed by atoms with Crippen LogP contribution in [0.25, 0.3) is 0 Å². The Balaban J connectivity index is 0.000000640. The zero-order valence-corrected chi connectivity index (χ0v) is 5.93. The van der Waals surface area contributed by atoms with Crippen molar-refractivity contribution in [1.29, 1.82) is 0 Å². The van der Waals surface area contributed by atoms with Crippen LogP contribution in [-0.2, 0) is 4.74 Å². The van der Waals surface area contributed by atoms with Crippen LogP contribution in [0.2, 0.25) is 0 Å². The molecule has 0 radical (unpaired) electrons. The Morgan fingerprint density at radius 1 is 1.56 bits per heavy atom. The molecular formula is C5H12ClNO2. The fraction of sp³-hybridized carbons (Fsp3) is 1.00. The molecule has 1 fully saturated rings. The van der Waals surface area contributed by atoms with Crippen LogP contribution in [0.3, 0.4) is 0 Å². The van der Waals surface area contributed by atoms with Gasteiger partial charge in [-0.3, -0.25) is 0 Å². The maximum absolute atomic E-state index is 8.58. The summed E-state index contributed by atoms with van der Waals surface area (Å²) < 4.78 is 4.98. The molecule has 3 N–H and O–H groups in total. The molecule has 56 valence electrons. The third-order valence-electron chi connectivity index (χ3n) is 1.48. The molecule has 3 nitrogen and oxygen atoms in total. The zero-order valence-electron chi connectivity index (χ0n) is 5.12. The summed E-state index contributed by atoms with van der Waals surface area (Å²) in [4.78, 5) is 0. The minimum atomic E-state index is 0. The summed E-state index contributed by atoms with van der Waals surface area (Å²) in [5, 5.41) is 8.58. The summed E-state index contributed by atoms with van der Waals surface area (Å²) in [6.45, 7) is 1.38. The molecular weight excluding hydrogens is 142 g/mol. The van der Waals surface area contributed by atoms with Crippen LogP contribution < -0.4 is 5.73 Å². The lowest BCUT2D eigenvalue weighted by molar-refractivity contribution is 0.161. The molecule has 1 aliphatic rings. The van der Waals surface area contributed by atoms with Gasteiger partial charge in [0.25, 0.3) is 0 Å². The van der Waals surface area contributed by atoms with E-state index >= 15 is 0 Å². The summed E-state index contributed by atoms with van der Waals surface area (Å²) in [6.07, 6.45) is 0. The SMILES string of the molecule is Cl.NC1COCC1CO. The first-order valence-corrected chi connectivity index (χ1v) is 2.78. The van der Waals surface area contributed by atoms with E-state index in [0.29, 0.717) is 13.2 Å². The van der Waals surface area contributed by atoms with E-state index in [1.807, 2.05) is 0 Å². The van der Waals surface area contributed by atoms with E-state index in [-0.39, 0.29) is 31.0 Å². The van der Waals surface area contributed by atoms with E-state index < -0.39 is 0 Å². The lowest BCUT2D eigenvalue weighted by Gasteiger charge is -2.06. The normalized spacial score (nSPS) is 34.0. The number of aliphatic hydroxyl groups excluding tert-OH is 1. The van der Waals surface area contributed by atoms with Crippen LogP contribution in [0.4, 0.5) is 0 Å². The molecule has 0 spiro atoms. The third kappa shape index (κ3) is 2.10. The van der Waals surface area contributed by atoms with Gasteiger partial charge in [0.2, 0.25) is 0 Å². The van der Waals surface area contributed by atoms with E-state index in [1.165, 1.54) is 0 Å². The smallest absolute Gasteiger partial charge is 0.0622 e. The van der Waals surface area contributed by atoms with Gasteiger partial charge in [0.05, 0.1) is 13.2 Å². The van der Waals surface area contributed by atoms with E-state index in [1.54, 1.807) is 0 Å². The Kier molecular flexibility index (Phi) is 4.14. The number of nitrogens with two attached hydrogens (primary N) is 1. The van der Waals surface area contributed by atoms with Crippen molar-refractivity contribution in [2.45, 2.75) is 6.04 Å². The van der Waals surface area contributed by atoms with Crippen LogP contribution in [-0.4, -0.2) is 31.0 Å². The van der Waals surface area contributed by atoms with Gasteiger partial charge in [-0.1, -0.05) is 0 Å². The van der Waals surface area contributed by atoms with Crippen molar-refractivity contribution >= 4 is 12.4 Å². The summed E-state index contributed by atoms with van der Waals surface area (Å²) >= 11 is 0. The number of hydrogen-bond acceptors (Lipinski definition) is 3. The summed E-state index contributed by atoms with van der Waals surface area (Å²) in [5.74, 6) is 0.176. The Morgan fingerprint density at radius 3 is 2.44 bits per heavy atom. The molecule has 0 saturated carbocycles. The first kappa shape index (κ1) is 9.17. The van der Waals surface area contributed by atoms with E-state index in [2.05, 4.69) is 0 Å². The summed E-state index contributed by atoms with van der Waals surface area (Å²) in [5.41, 5.74) is 5.50. The van der Waals surface area contributed by atoms with E-state index in [0.717, 1.165) is 0 Å². The average Bonchev–Trinajstić information content (AvgIpc) is 2.14. The zero-order chi connectivity index (χ0) is 5.98. The summed E-state index contributed by atoms with van der Waals surface area (Å²) in [7, 11) is 0. The molecule has 0 aromatic heterocycles. The number of ether oxygens (including phenoxy) is 1. The van der Waals surface area contributed by atoms with Crippen LogP contribution >= 0.6 is 12.4 Å². The molecule has 1 rings (SSSR count). The average molecular weight is 154 g/mol. The maximum Gasteiger partial charge on any atom is 0.0622 e. The van der Waals surface area contributed by atoms with Crippen molar-refractivity contribution in [1.82, 2.24) is 0 Å². The van der Waals surface area contributed by atoms with Crippen molar-refractivity contribution in [3.8, 4) is 0 Å². The largest absolute Gasteiger partial charge is 0.396 e. The van der Waals surface area contributed by atoms with Gasteiger partial charge in [-0.25, -0.2) is 0 Å². The second-order valence-corrected chi connectivity index (χ2v) is 2.14. The Labute approximate surface area is 60.6 Å². The fourth-order valence-electron chi connectivity index (χ4n) is 0.803. The molecule has 0 aromatic rings. The first-order valence-electron chi connectivity index (χ1n) is 2.78. The Morgan fingerprint density at radius 2 is 2.22 bits per heavy atom. The van der Waals surface area contributed by atoms with Crippen LogP contribution in [0.15, 0.2) is 0 Å². The summed E-state index contributed by atoms with van der Waals surface area (Å²) in [6, 6.07) is 0.0556. The highest BCUT2D eigenvalue weighted by atomic mass is 35.5. The van der Waals surface area contributed by atoms with Gasteiger partial charge in [-0.15, -0.1) is 12.4 Å². The molecule has 9 heavy (non-hydrogen) atoms. The molecule has 1 aliphatic heterocycles. The predicted molar refractivity (Wildman–Crippen MR) is 36.6 cm³/mol. The van der Waals surface area contributed by atoms with Gasteiger partial charge in [-0.05, 0) is 0 Å². The van der Waals surface area contributed by atoms with Crippen LogP contribution in [0, 0.1) is 5.92 Å². The van der Waals surface area contributed by atoms with Gasteiger partial charge in [-0.2, -0.15) is 0 Å². The third-order valence-corrected chi connectivity index (χ3v) is 1.48. The van der Waals surface area contributed by atoms with Crippen molar-refractivity contribution in [3.63, 3.8) is 0 Å². The number of aliphatic hydroxyl groups is 1. The topological polar surface area (TPSA) is 55.5 Å². The lowest BCUT2D eigenvalue weighted by atomic mass is 10.1. The minimum Gasteiger partial charge on any atom is -0.396 e. The van der Waals surface area contributed by atoms with Gasteiger partial charge in [0.15, 0.2) is 0 Å². The number of rotatable bonds is 1. The maximum atomic E-state index is 8.58. The van der Waals surface area contributed by atoms with Crippen molar-refractivity contribution in [2.75, 3.05) is 19.8 Å². The quantitative estimate of drug-likeness (QED) is 0.528. The molecule has 0 amide bonds. The molecule has 2 atom stereocenters. The molecule has 0 aromatic carbocycles. The minimum absolute atomic E-state index is 0. The molecule has 1 saturated heterocycles. The van der Waals surface area contributed by atoms with Gasteiger partial charge in [0.1, 0.15) is 0 Å². The first-order chi connectivity index (χ1) is 3.84. The Bertz CT molecular complexity index is 81.4. The van der Waals surface area contributed by atoms with Gasteiger partial charge in [0, 0.05) is 18.6 Å². The number of halogens is 1. The highest BCUT2D eigenvalue weighted by Crippen LogP contribution is 2.09. The van der Waals surface area contributed by atoms with Crippen LogP contribution in [0.5, 0.6) is 0 Å². The van der Waals surface area contributed by atoms with E-state index in [4.69, 9.17) is 15.6 Å². The van der Waals surface area contributed by atoms with Gasteiger partial charge < -0.3 is 15.6 Å². The molecule has 2 unspecified atom stereocenters. The van der Waals surface area contributed by atoms with Crippen molar-refractivity contribution in [2.24, 2.45) is 11.7 Å². The Hall–Kier alpha value is 0.170. The fourth-order valence-corrected chi connectivity index (χ4v) is 0.803. The molecule has 4 heteroatoms. The molecule has 0 bridgehead atoms. The van der Waals surface area contributed by atoms with Crippen molar-refractivity contribution < 1.29 is 9.84 Å².